The van der Waals surface area contributed by atoms with Gasteiger partial charge in [0.2, 0.25) is 0 Å². The lowest BCUT2D eigenvalue weighted by Gasteiger charge is -2.21. The molecule has 1 fully saturated rings. The van der Waals surface area contributed by atoms with Crippen LogP contribution >= 0.6 is 0 Å². The Balaban J connectivity index is 2.14. The minimum atomic E-state index is -0.899. The van der Waals surface area contributed by atoms with Crippen LogP contribution in [0.15, 0.2) is 18.2 Å². The molecule has 5 nitrogen and oxygen atoms in total. The molecule has 0 atom stereocenters. The van der Waals surface area contributed by atoms with Gasteiger partial charge in [0, 0.05) is 25.2 Å². The molecule has 0 amide bonds. The number of rotatable bonds is 4. The average molecular weight is 278 g/mol. The summed E-state index contributed by atoms with van der Waals surface area (Å²) in [6.07, 6.45) is 1.14. The van der Waals surface area contributed by atoms with Crippen molar-refractivity contribution in [3.63, 3.8) is 0 Å². The molecule has 5 heteroatoms. The zero-order valence-electron chi connectivity index (χ0n) is 12.1. The van der Waals surface area contributed by atoms with Gasteiger partial charge in [-0.05, 0) is 44.8 Å². The maximum atomic E-state index is 11.1. The van der Waals surface area contributed by atoms with Gasteiger partial charge in [0.25, 0.3) is 0 Å². The molecule has 1 saturated heterocycles. The summed E-state index contributed by atoms with van der Waals surface area (Å²) in [5.74, 6) is -0.142. The number of methoxy groups -OCH3 is 1. The first-order valence-corrected chi connectivity index (χ1v) is 6.91. The lowest BCUT2D eigenvalue weighted by atomic mass is 10.1. The summed E-state index contributed by atoms with van der Waals surface area (Å²) in [4.78, 5) is 15.8. The van der Waals surface area contributed by atoms with E-state index in [1.165, 1.54) is 0 Å². The summed E-state index contributed by atoms with van der Waals surface area (Å²) in [5, 5.41) is 9.10. The first kappa shape index (κ1) is 14.8. The van der Waals surface area contributed by atoms with E-state index in [0.717, 1.165) is 50.5 Å². The molecule has 1 aromatic carbocycles. The van der Waals surface area contributed by atoms with Crippen molar-refractivity contribution in [3.05, 3.63) is 29.3 Å². The first-order valence-electron chi connectivity index (χ1n) is 6.91. The van der Waals surface area contributed by atoms with E-state index in [4.69, 9.17) is 9.84 Å². The van der Waals surface area contributed by atoms with Gasteiger partial charge in [-0.1, -0.05) is 0 Å². The zero-order chi connectivity index (χ0) is 14.5. The molecule has 1 heterocycles. The number of carboxylic acid groups (broad SMARTS) is 1. The predicted molar refractivity (Wildman–Crippen MR) is 77.3 cm³/mol. The lowest BCUT2D eigenvalue weighted by molar-refractivity contribution is 0.0696. The molecule has 0 aromatic heterocycles. The fourth-order valence-corrected chi connectivity index (χ4v) is 2.53. The Bertz CT molecular complexity index is 476. The van der Waals surface area contributed by atoms with Crippen molar-refractivity contribution in [2.75, 3.05) is 40.3 Å². The Labute approximate surface area is 119 Å². The second-order valence-electron chi connectivity index (χ2n) is 5.26. The molecule has 0 radical (unpaired) electrons. The van der Waals surface area contributed by atoms with E-state index in [-0.39, 0.29) is 0 Å². The molecule has 110 valence electrons. The summed E-state index contributed by atoms with van der Waals surface area (Å²) in [7, 11) is 3.75. The second kappa shape index (κ2) is 6.72. The summed E-state index contributed by atoms with van der Waals surface area (Å²) in [6.45, 7) is 4.92. The van der Waals surface area contributed by atoms with E-state index < -0.39 is 5.97 Å². The number of carboxylic acids is 1. The second-order valence-corrected chi connectivity index (χ2v) is 5.26. The van der Waals surface area contributed by atoms with Gasteiger partial charge in [0.05, 0.1) is 12.7 Å². The highest BCUT2D eigenvalue weighted by atomic mass is 16.5. The first-order chi connectivity index (χ1) is 9.60. The number of carbonyl (C=O) groups is 1. The highest BCUT2D eigenvalue weighted by Gasteiger charge is 2.15. The van der Waals surface area contributed by atoms with Crippen LogP contribution in [0, 0.1) is 0 Å². The zero-order valence-corrected chi connectivity index (χ0v) is 12.1. The maximum Gasteiger partial charge on any atom is 0.335 e. The molecule has 20 heavy (non-hydrogen) atoms. The minimum absolute atomic E-state index is 0.313. The number of likely N-dealkylation sites (N-methyl/N-ethyl adjacent to an activating group) is 1. The minimum Gasteiger partial charge on any atom is -0.496 e. The highest BCUT2D eigenvalue weighted by Crippen LogP contribution is 2.22. The van der Waals surface area contributed by atoms with E-state index >= 15 is 0 Å². The number of benzene rings is 1. The molecule has 1 aliphatic rings. The van der Waals surface area contributed by atoms with Crippen molar-refractivity contribution in [1.29, 1.82) is 0 Å². The third kappa shape index (κ3) is 3.71. The largest absolute Gasteiger partial charge is 0.496 e. The van der Waals surface area contributed by atoms with Crippen molar-refractivity contribution in [3.8, 4) is 5.75 Å². The Morgan fingerprint density at radius 1 is 1.30 bits per heavy atom. The summed E-state index contributed by atoms with van der Waals surface area (Å²) >= 11 is 0. The maximum absolute atomic E-state index is 11.1. The molecule has 0 spiro atoms. The van der Waals surface area contributed by atoms with Gasteiger partial charge in [-0.2, -0.15) is 0 Å². The number of hydrogen-bond acceptors (Lipinski definition) is 4. The Morgan fingerprint density at radius 3 is 2.80 bits per heavy atom. The van der Waals surface area contributed by atoms with Gasteiger partial charge in [-0.25, -0.2) is 4.79 Å². The van der Waals surface area contributed by atoms with E-state index in [0.29, 0.717) is 5.56 Å². The molecule has 0 bridgehead atoms. The van der Waals surface area contributed by atoms with Crippen LogP contribution in [0.3, 0.4) is 0 Å². The van der Waals surface area contributed by atoms with Gasteiger partial charge >= 0.3 is 5.97 Å². The van der Waals surface area contributed by atoms with Crippen LogP contribution in [-0.4, -0.2) is 61.2 Å². The van der Waals surface area contributed by atoms with Crippen LogP contribution in [-0.2, 0) is 6.54 Å². The number of hydrogen-bond donors (Lipinski definition) is 1. The highest BCUT2D eigenvalue weighted by molar-refractivity contribution is 5.88. The van der Waals surface area contributed by atoms with E-state index in [9.17, 15) is 4.79 Å². The molecule has 0 saturated carbocycles. The third-order valence-corrected chi connectivity index (χ3v) is 3.73. The van der Waals surface area contributed by atoms with Gasteiger partial charge in [0.1, 0.15) is 5.75 Å². The van der Waals surface area contributed by atoms with Gasteiger partial charge < -0.3 is 14.7 Å². The number of nitrogens with zero attached hydrogens (tertiary/aromatic N) is 2. The van der Waals surface area contributed by atoms with Crippen LogP contribution in [0.4, 0.5) is 0 Å². The summed E-state index contributed by atoms with van der Waals surface area (Å²) < 4.78 is 5.34. The molecular formula is C15H22N2O3. The lowest BCUT2D eigenvalue weighted by Crippen LogP contribution is -2.28. The van der Waals surface area contributed by atoms with E-state index in [1.807, 2.05) is 0 Å². The van der Waals surface area contributed by atoms with Crippen molar-refractivity contribution >= 4 is 5.97 Å². The topological polar surface area (TPSA) is 53.0 Å². The molecule has 2 rings (SSSR count). The fraction of sp³-hybridized carbons (Fsp3) is 0.533. The van der Waals surface area contributed by atoms with E-state index in [1.54, 1.807) is 25.3 Å². The van der Waals surface area contributed by atoms with Crippen molar-refractivity contribution < 1.29 is 14.6 Å². The van der Waals surface area contributed by atoms with E-state index in [2.05, 4.69) is 16.8 Å². The normalized spacial score (nSPS) is 17.7. The van der Waals surface area contributed by atoms with Gasteiger partial charge in [-0.15, -0.1) is 0 Å². The predicted octanol–water partition coefficient (Wildman–Crippen LogP) is 1.53. The molecule has 1 N–H and O–H groups in total. The molecule has 1 aliphatic heterocycles. The fourth-order valence-electron chi connectivity index (χ4n) is 2.53. The standard InChI is InChI=1S/C15H22N2O3/c1-16-6-3-7-17(9-8-16)11-13-10-12(15(18)19)4-5-14(13)20-2/h4-5,10H,3,6-9,11H2,1-2H3,(H,18,19). The average Bonchev–Trinajstić information content (AvgIpc) is 2.63. The number of aromatic carboxylic acids is 1. The molecular weight excluding hydrogens is 256 g/mol. The van der Waals surface area contributed by atoms with Crippen molar-refractivity contribution in [2.45, 2.75) is 13.0 Å². The number of ether oxygens (including phenoxy) is 1. The smallest absolute Gasteiger partial charge is 0.335 e. The third-order valence-electron chi connectivity index (χ3n) is 3.73. The van der Waals surface area contributed by atoms with Crippen LogP contribution in [0.1, 0.15) is 22.3 Å². The molecule has 0 aliphatic carbocycles. The van der Waals surface area contributed by atoms with Crippen LogP contribution < -0.4 is 4.74 Å². The quantitative estimate of drug-likeness (QED) is 0.905. The van der Waals surface area contributed by atoms with Crippen molar-refractivity contribution in [1.82, 2.24) is 9.80 Å². The monoisotopic (exact) mass is 278 g/mol. The summed E-state index contributed by atoms with van der Waals surface area (Å²) in [5.41, 5.74) is 1.25. The Morgan fingerprint density at radius 2 is 2.10 bits per heavy atom. The van der Waals surface area contributed by atoms with Crippen molar-refractivity contribution in [2.24, 2.45) is 0 Å². The molecule has 1 aromatic rings. The van der Waals surface area contributed by atoms with Crippen LogP contribution in [0.2, 0.25) is 0 Å². The SMILES string of the molecule is COc1ccc(C(=O)O)cc1CN1CCCN(C)CC1. The van der Waals surface area contributed by atoms with Crippen LogP contribution in [0.25, 0.3) is 0 Å². The van der Waals surface area contributed by atoms with Crippen LogP contribution in [0.5, 0.6) is 5.75 Å². The molecule has 0 unspecified atom stereocenters. The Hall–Kier alpha value is -1.59. The summed E-state index contributed by atoms with van der Waals surface area (Å²) in [6, 6.07) is 5.04. The van der Waals surface area contributed by atoms with Gasteiger partial charge in [0.15, 0.2) is 0 Å². The van der Waals surface area contributed by atoms with Gasteiger partial charge in [-0.3, -0.25) is 4.90 Å². The Kier molecular flexibility index (Phi) is 4.98.